The molecule has 1 nitrogen and oxygen atoms in total. The van der Waals surface area contributed by atoms with E-state index in [2.05, 4.69) is 5.32 Å². The average molecular weight is 217 g/mol. The minimum atomic E-state index is -4.25. The third-order valence-corrected chi connectivity index (χ3v) is 2.25. The van der Waals surface area contributed by atoms with Gasteiger partial charge in [0, 0.05) is 6.04 Å². The van der Waals surface area contributed by atoms with Crippen molar-refractivity contribution in [2.75, 3.05) is 6.54 Å². The molecule has 0 amide bonds. The summed E-state index contributed by atoms with van der Waals surface area (Å²) in [7, 11) is 0. The van der Waals surface area contributed by atoms with E-state index in [0.29, 0.717) is 0 Å². The van der Waals surface area contributed by atoms with Crippen LogP contribution in [0.3, 0.4) is 0 Å². The largest absolute Gasteiger partial charge is 0.416 e. The van der Waals surface area contributed by atoms with Gasteiger partial charge in [-0.15, -0.1) is 0 Å². The molecule has 1 N–H and O–H groups in total. The Hall–Kier alpha value is -1.03. The van der Waals surface area contributed by atoms with Gasteiger partial charge in [-0.25, -0.2) is 0 Å². The van der Waals surface area contributed by atoms with Crippen molar-refractivity contribution in [3.63, 3.8) is 0 Å². The fourth-order valence-corrected chi connectivity index (χ4v) is 1.38. The highest BCUT2D eigenvalue weighted by molar-refractivity contribution is 5.26. The smallest absolute Gasteiger partial charge is 0.310 e. The number of nitrogens with one attached hydrogen (secondary N) is 1. The summed E-state index contributed by atoms with van der Waals surface area (Å²) in [4.78, 5) is 0. The first-order valence-electron chi connectivity index (χ1n) is 4.85. The number of alkyl halides is 3. The van der Waals surface area contributed by atoms with Crippen molar-refractivity contribution in [2.24, 2.45) is 0 Å². The second kappa shape index (κ2) is 4.66. The van der Waals surface area contributed by atoms with E-state index in [1.807, 2.05) is 13.8 Å². The van der Waals surface area contributed by atoms with Gasteiger partial charge in [0.1, 0.15) is 0 Å². The molecule has 0 aliphatic carbocycles. The summed E-state index contributed by atoms with van der Waals surface area (Å²) in [5.41, 5.74) is 0.264. The van der Waals surface area contributed by atoms with Crippen molar-refractivity contribution < 1.29 is 13.2 Å². The van der Waals surface area contributed by atoms with Gasteiger partial charge in [0.15, 0.2) is 0 Å². The first-order chi connectivity index (χ1) is 6.95. The van der Waals surface area contributed by atoms with Crippen molar-refractivity contribution >= 4 is 0 Å². The molecule has 1 aromatic rings. The molecule has 0 bridgehead atoms. The summed E-state index contributed by atoms with van der Waals surface area (Å²) in [5.74, 6) is 0. The highest BCUT2D eigenvalue weighted by Gasteiger charge is 2.30. The quantitative estimate of drug-likeness (QED) is 0.818. The molecule has 15 heavy (non-hydrogen) atoms. The Labute approximate surface area is 87.3 Å². The zero-order valence-electron chi connectivity index (χ0n) is 8.73. The Balaban J connectivity index is 2.81. The van der Waals surface area contributed by atoms with Gasteiger partial charge in [-0.3, -0.25) is 0 Å². The fraction of sp³-hybridized carbons (Fsp3) is 0.455. The van der Waals surface area contributed by atoms with Gasteiger partial charge in [0.2, 0.25) is 0 Å². The first-order valence-corrected chi connectivity index (χ1v) is 4.85. The molecule has 1 unspecified atom stereocenters. The molecule has 4 heteroatoms. The summed E-state index contributed by atoms with van der Waals surface area (Å²) in [6, 6.07) is 5.33. The monoisotopic (exact) mass is 217 g/mol. The molecule has 0 radical (unpaired) electrons. The number of benzene rings is 1. The lowest BCUT2D eigenvalue weighted by molar-refractivity contribution is -0.137. The zero-order valence-corrected chi connectivity index (χ0v) is 8.73. The third kappa shape index (κ3) is 3.23. The van der Waals surface area contributed by atoms with Gasteiger partial charge in [-0.2, -0.15) is 13.2 Å². The maximum atomic E-state index is 12.3. The first kappa shape index (κ1) is 12.0. The summed E-state index contributed by atoms with van der Waals surface area (Å²) < 4.78 is 36.8. The fourth-order valence-electron chi connectivity index (χ4n) is 1.38. The molecule has 1 rings (SSSR count). The van der Waals surface area contributed by atoms with Crippen LogP contribution in [0.25, 0.3) is 0 Å². The molecule has 0 aromatic heterocycles. The molecule has 84 valence electrons. The molecule has 1 atom stereocenters. The number of hydrogen-bond acceptors (Lipinski definition) is 1. The maximum absolute atomic E-state index is 12.3. The van der Waals surface area contributed by atoms with Gasteiger partial charge in [-0.05, 0) is 31.2 Å². The average Bonchev–Trinajstić information content (AvgIpc) is 2.17. The van der Waals surface area contributed by atoms with Crippen LogP contribution in [0, 0.1) is 0 Å². The molecule has 0 heterocycles. The summed E-state index contributed by atoms with van der Waals surface area (Å²) >= 11 is 0. The molecule has 0 saturated heterocycles. The van der Waals surface area contributed by atoms with Crippen LogP contribution >= 0.6 is 0 Å². The maximum Gasteiger partial charge on any atom is 0.416 e. The molecule has 0 fully saturated rings. The number of halogens is 3. The summed E-state index contributed by atoms with van der Waals surface area (Å²) in [5, 5.41) is 3.14. The Morgan fingerprint density at radius 1 is 1.20 bits per heavy atom. The topological polar surface area (TPSA) is 12.0 Å². The Bertz CT molecular complexity index is 303. The molecule has 0 spiro atoms. The van der Waals surface area contributed by atoms with Crippen LogP contribution in [0.1, 0.15) is 31.0 Å². The van der Waals surface area contributed by atoms with Gasteiger partial charge in [0.05, 0.1) is 5.56 Å². The van der Waals surface area contributed by atoms with Crippen LogP contribution in [0.5, 0.6) is 0 Å². The molecule has 1 aromatic carbocycles. The molecular weight excluding hydrogens is 203 g/mol. The Morgan fingerprint density at radius 3 is 2.13 bits per heavy atom. The van der Waals surface area contributed by atoms with Crippen LogP contribution < -0.4 is 5.32 Å². The number of hydrogen-bond donors (Lipinski definition) is 1. The van der Waals surface area contributed by atoms with Gasteiger partial charge < -0.3 is 5.32 Å². The van der Waals surface area contributed by atoms with Gasteiger partial charge >= 0.3 is 6.18 Å². The van der Waals surface area contributed by atoms with Crippen LogP contribution in [0.2, 0.25) is 0 Å². The van der Waals surface area contributed by atoms with E-state index in [-0.39, 0.29) is 6.04 Å². The normalized spacial score (nSPS) is 13.9. The van der Waals surface area contributed by atoms with Crippen molar-refractivity contribution in [2.45, 2.75) is 26.1 Å². The predicted molar refractivity (Wildman–Crippen MR) is 53.5 cm³/mol. The molecular formula is C11H14F3N. The van der Waals surface area contributed by atoms with E-state index >= 15 is 0 Å². The molecule has 0 saturated carbocycles. The van der Waals surface area contributed by atoms with Crippen molar-refractivity contribution in [3.8, 4) is 0 Å². The minimum absolute atomic E-state index is 0.0808. The van der Waals surface area contributed by atoms with Gasteiger partial charge in [0.25, 0.3) is 0 Å². The third-order valence-electron chi connectivity index (χ3n) is 2.25. The lowest BCUT2D eigenvalue weighted by atomic mass is 10.1. The van der Waals surface area contributed by atoms with Crippen molar-refractivity contribution in [1.29, 1.82) is 0 Å². The lowest BCUT2D eigenvalue weighted by Crippen LogP contribution is -2.17. The van der Waals surface area contributed by atoms with E-state index in [0.717, 1.165) is 24.2 Å². The Kier molecular flexibility index (Phi) is 3.74. The second-order valence-electron chi connectivity index (χ2n) is 3.40. The SMILES string of the molecule is CCNC(C)c1ccc(C(F)(F)F)cc1. The molecule has 0 aliphatic heterocycles. The van der Waals surface area contributed by atoms with Crippen LogP contribution in [0.4, 0.5) is 13.2 Å². The summed E-state index contributed by atoms with van der Waals surface area (Å²) in [6.07, 6.45) is -4.25. The Morgan fingerprint density at radius 2 is 1.73 bits per heavy atom. The minimum Gasteiger partial charge on any atom is -0.310 e. The van der Waals surface area contributed by atoms with Crippen molar-refractivity contribution in [3.05, 3.63) is 35.4 Å². The van der Waals surface area contributed by atoms with Crippen molar-refractivity contribution in [1.82, 2.24) is 5.32 Å². The highest BCUT2D eigenvalue weighted by atomic mass is 19.4. The predicted octanol–water partition coefficient (Wildman–Crippen LogP) is 3.38. The lowest BCUT2D eigenvalue weighted by Gasteiger charge is -2.13. The highest BCUT2D eigenvalue weighted by Crippen LogP contribution is 2.29. The van der Waals surface area contributed by atoms with Crippen LogP contribution in [-0.2, 0) is 6.18 Å². The van der Waals surface area contributed by atoms with E-state index in [4.69, 9.17) is 0 Å². The second-order valence-corrected chi connectivity index (χ2v) is 3.40. The van der Waals surface area contributed by atoms with E-state index in [1.165, 1.54) is 12.1 Å². The van der Waals surface area contributed by atoms with E-state index in [1.54, 1.807) is 0 Å². The van der Waals surface area contributed by atoms with Crippen LogP contribution in [0.15, 0.2) is 24.3 Å². The number of rotatable bonds is 3. The van der Waals surface area contributed by atoms with E-state index < -0.39 is 11.7 Å². The standard InChI is InChI=1S/C11H14F3N/c1-3-15-8(2)9-4-6-10(7-5-9)11(12,13)14/h4-8,15H,3H2,1-2H3. The van der Waals surface area contributed by atoms with Gasteiger partial charge in [-0.1, -0.05) is 19.1 Å². The zero-order chi connectivity index (χ0) is 11.5. The summed E-state index contributed by atoms with van der Waals surface area (Å²) in [6.45, 7) is 4.68. The van der Waals surface area contributed by atoms with Crippen LogP contribution in [-0.4, -0.2) is 6.54 Å². The van der Waals surface area contributed by atoms with E-state index in [9.17, 15) is 13.2 Å². The molecule has 0 aliphatic rings.